The smallest absolute Gasteiger partial charge is 0.504 e. The van der Waals surface area contributed by atoms with E-state index in [1.54, 1.807) is 0 Å². The van der Waals surface area contributed by atoms with Gasteiger partial charge in [0.2, 0.25) is 5.91 Å². The predicted molar refractivity (Wildman–Crippen MR) is 117 cm³/mol. The van der Waals surface area contributed by atoms with Gasteiger partial charge in [-0.3, -0.25) is 24.4 Å². The lowest BCUT2D eigenvalue weighted by Crippen LogP contribution is -2.50. The highest BCUT2D eigenvalue weighted by Crippen LogP contribution is 2.42. The number of rotatable bonds is 11. The molecular formula is C18H22N2O13P2. The van der Waals surface area contributed by atoms with Crippen molar-refractivity contribution in [2.45, 2.75) is 24.9 Å². The summed E-state index contributed by atoms with van der Waals surface area (Å²) >= 11 is 0. The van der Waals surface area contributed by atoms with Crippen molar-refractivity contribution in [1.82, 2.24) is 5.32 Å². The lowest BCUT2D eigenvalue weighted by atomic mass is 10.0. The maximum absolute atomic E-state index is 12.5. The Labute approximate surface area is 197 Å². The number of carboxylic acid groups (broad SMARTS) is 1. The molecule has 0 bridgehead atoms. The van der Waals surface area contributed by atoms with Gasteiger partial charge >= 0.3 is 21.6 Å². The van der Waals surface area contributed by atoms with E-state index in [0.717, 1.165) is 24.3 Å². The van der Waals surface area contributed by atoms with E-state index in [1.807, 2.05) is 0 Å². The van der Waals surface area contributed by atoms with Gasteiger partial charge in [0.1, 0.15) is 6.04 Å². The molecule has 0 fully saturated rings. The highest BCUT2D eigenvalue weighted by atomic mass is 31.2. The predicted octanol–water partition coefficient (Wildman–Crippen LogP) is -0.277. The summed E-state index contributed by atoms with van der Waals surface area (Å²) in [7, 11) is -9.98. The average Bonchev–Trinajstić information content (AvgIpc) is 2.70. The summed E-state index contributed by atoms with van der Waals surface area (Å²) in [5.41, 5.74) is 6.20. The Balaban J connectivity index is 2.11. The molecule has 0 saturated carbocycles. The number of amides is 1. The number of carboxylic acids is 1. The van der Waals surface area contributed by atoms with Crippen LogP contribution in [0, 0.1) is 0 Å². The minimum atomic E-state index is -5.01. The van der Waals surface area contributed by atoms with Crippen LogP contribution >= 0.6 is 15.6 Å². The fraction of sp³-hybridized carbons (Fsp3) is 0.222. The first kappa shape index (κ1) is 28.1. The highest BCUT2D eigenvalue weighted by Gasteiger charge is 2.26. The van der Waals surface area contributed by atoms with Gasteiger partial charge in [0.15, 0.2) is 23.0 Å². The first-order chi connectivity index (χ1) is 16.0. The maximum atomic E-state index is 12.5. The van der Waals surface area contributed by atoms with Gasteiger partial charge < -0.3 is 35.4 Å². The number of aliphatic carboxylic acids is 1. The van der Waals surface area contributed by atoms with E-state index in [4.69, 9.17) is 25.3 Å². The largest absolute Gasteiger partial charge is 0.524 e. The van der Waals surface area contributed by atoms with Crippen molar-refractivity contribution in [2.24, 2.45) is 5.73 Å². The fourth-order valence-corrected chi connectivity index (χ4v) is 3.64. The molecule has 0 aliphatic carbocycles. The molecule has 2 aromatic rings. The number of benzene rings is 2. The van der Waals surface area contributed by atoms with Gasteiger partial charge in [-0.05, 0) is 41.8 Å². The minimum absolute atomic E-state index is 0.144. The molecule has 0 unspecified atom stereocenters. The number of phenols is 2. The summed E-state index contributed by atoms with van der Waals surface area (Å²) < 4.78 is 30.7. The Hall–Kier alpha value is -3.16. The number of nitrogens with one attached hydrogen (secondary N) is 1. The molecule has 0 heterocycles. The second-order valence-electron chi connectivity index (χ2n) is 7.18. The van der Waals surface area contributed by atoms with Crippen molar-refractivity contribution in [3.63, 3.8) is 0 Å². The number of phenolic OH excluding ortho intramolecular Hbond substituents is 2. The van der Waals surface area contributed by atoms with Crippen LogP contribution in [0.1, 0.15) is 11.1 Å². The third kappa shape index (κ3) is 9.19. The first-order valence-electron chi connectivity index (χ1n) is 9.47. The van der Waals surface area contributed by atoms with E-state index in [2.05, 4.69) is 14.4 Å². The molecule has 15 nitrogen and oxygen atoms in total. The SMILES string of the molecule is N[C@@H](Cc1ccc(O)c(OP(=O)(O)O)c1)C(=O)N[C@@H](Cc1ccc(O)c(OP(=O)(O)O)c1)C(=O)O. The van der Waals surface area contributed by atoms with E-state index >= 15 is 0 Å². The van der Waals surface area contributed by atoms with Gasteiger partial charge in [-0.25, -0.2) is 13.9 Å². The number of hydrogen-bond acceptors (Lipinski definition) is 9. The Morgan fingerprint density at radius 3 is 1.69 bits per heavy atom. The van der Waals surface area contributed by atoms with Crippen molar-refractivity contribution >= 4 is 27.5 Å². The molecule has 1 amide bonds. The van der Waals surface area contributed by atoms with Crippen LogP contribution in [0.2, 0.25) is 0 Å². The van der Waals surface area contributed by atoms with Crippen LogP contribution in [0.15, 0.2) is 36.4 Å². The third-order valence-electron chi connectivity index (χ3n) is 4.33. The zero-order valence-corrected chi connectivity index (χ0v) is 19.4. The molecule has 0 saturated heterocycles. The summed E-state index contributed by atoms with van der Waals surface area (Å²) in [4.78, 5) is 59.7. The number of nitrogens with two attached hydrogens (primary N) is 1. The number of phosphoric ester groups is 2. The van der Waals surface area contributed by atoms with Crippen LogP contribution in [-0.2, 0) is 31.6 Å². The number of hydrogen-bond donors (Lipinski definition) is 9. The molecule has 0 aromatic heterocycles. The molecule has 2 rings (SSSR count). The van der Waals surface area contributed by atoms with Crippen LogP contribution in [0.5, 0.6) is 23.0 Å². The van der Waals surface area contributed by atoms with Crippen LogP contribution in [0.25, 0.3) is 0 Å². The van der Waals surface area contributed by atoms with Crippen molar-refractivity contribution in [3.05, 3.63) is 47.5 Å². The van der Waals surface area contributed by atoms with Crippen molar-refractivity contribution < 1.29 is 62.7 Å². The lowest BCUT2D eigenvalue weighted by Gasteiger charge is -2.19. The first-order valence-corrected chi connectivity index (χ1v) is 12.5. The molecule has 192 valence electrons. The maximum Gasteiger partial charge on any atom is 0.524 e. The Bertz CT molecular complexity index is 1190. The van der Waals surface area contributed by atoms with Gasteiger partial charge in [0.05, 0.1) is 6.04 Å². The number of carbonyl (C=O) groups excluding carboxylic acids is 1. The summed E-state index contributed by atoms with van der Waals surface area (Å²) in [6.07, 6.45) is -0.597. The third-order valence-corrected chi connectivity index (χ3v) is 5.20. The molecule has 35 heavy (non-hydrogen) atoms. The molecular weight excluding hydrogens is 514 g/mol. The second-order valence-corrected chi connectivity index (χ2v) is 9.51. The normalized spacial score (nSPS) is 13.5. The fourth-order valence-electron chi connectivity index (χ4n) is 2.83. The lowest BCUT2D eigenvalue weighted by molar-refractivity contribution is -0.142. The van der Waals surface area contributed by atoms with E-state index in [1.165, 1.54) is 12.1 Å². The molecule has 10 N–H and O–H groups in total. The van der Waals surface area contributed by atoms with Crippen LogP contribution in [-0.4, -0.2) is 58.9 Å². The summed E-state index contributed by atoms with van der Waals surface area (Å²) in [6.45, 7) is 0. The molecule has 2 aromatic carbocycles. The standard InChI is InChI=1S/C18H22N2O13P2/c19-11(5-9-1-3-13(21)15(7-9)32-34(26,27)28)17(23)20-12(18(24)25)6-10-2-4-14(22)16(8-10)33-35(29,30)31/h1-4,7-8,11-12,21-22H,5-6,19H2,(H,20,23)(H,24,25)(H2,26,27,28)(H2,29,30,31)/t11-,12-/m0/s1. The number of carbonyl (C=O) groups is 2. The van der Waals surface area contributed by atoms with E-state index in [-0.39, 0.29) is 24.0 Å². The van der Waals surface area contributed by atoms with Crippen molar-refractivity contribution in [3.8, 4) is 23.0 Å². The van der Waals surface area contributed by atoms with Gasteiger partial charge in [-0.2, -0.15) is 0 Å². The Kier molecular flexibility index (Phi) is 8.87. The zero-order valence-electron chi connectivity index (χ0n) is 17.6. The molecule has 0 radical (unpaired) electrons. The van der Waals surface area contributed by atoms with Crippen molar-refractivity contribution in [1.29, 1.82) is 0 Å². The number of aromatic hydroxyl groups is 2. The second kappa shape index (κ2) is 11.1. The highest BCUT2D eigenvalue weighted by molar-refractivity contribution is 7.47. The summed E-state index contributed by atoms with van der Waals surface area (Å²) in [6, 6.07) is 3.84. The Morgan fingerprint density at radius 2 is 1.29 bits per heavy atom. The molecule has 0 spiro atoms. The quantitative estimate of drug-likeness (QED) is 0.167. The van der Waals surface area contributed by atoms with Gasteiger partial charge in [0, 0.05) is 6.42 Å². The molecule has 2 atom stereocenters. The molecule has 17 heteroatoms. The molecule has 0 aliphatic rings. The number of phosphoric acid groups is 2. The molecule has 0 aliphatic heterocycles. The summed E-state index contributed by atoms with van der Waals surface area (Å²) in [5.74, 6) is -4.69. The zero-order chi connectivity index (χ0) is 26.6. The van der Waals surface area contributed by atoms with E-state index in [9.17, 15) is 34.0 Å². The van der Waals surface area contributed by atoms with Crippen molar-refractivity contribution in [2.75, 3.05) is 0 Å². The van der Waals surface area contributed by atoms with Gasteiger partial charge in [-0.15, -0.1) is 0 Å². The van der Waals surface area contributed by atoms with E-state index in [0.29, 0.717) is 0 Å². The van der Waals surface area contributed by atoms with Crippen LogP contribution in [0.4, 0.5) is 0 Å². The van der Waals surface area contributed by atoms with Gasteiger partial charge in [0.25, 0.3) is 0 Å². The average molecular weight is 536 g/mol. The topological polar surface area (TPSA) is 266 Å². The van der Waals surface area contributed by atoms with Crippen LogP contribution in [0.3, 0.4) is 0 Å². The summed E-state index contributed by atoms with van der Waals surface area (Å²) in [5, 5.41) is 31.0. The monoisotopic (exact) mass is 536 g/mol. The Morgan fingerprint density at radius 1 is 0.857 bits per heavy atom. The minimum Gasteiger partial charge on any atom is -0.504 e. The van der Waals surface area contributed by atoms with Crippen LogP contribution < -0.4 is 20.1 Å². The van der Waals surface area contributed by atoms with E-state index < -0.39 is 62.6 Å². The van der Waals surface area contributed by atoms with Gasteiger partial charge in [-0.1, -0.05) is 12.1 Å².